The summed E-state index contributed by atoms with van der Waals surface area (Å²) in [6.45, 7) is 7.03. The molecule has 2 aromatic heterocycles. The summed E-state index contributed by atoms with van der Waals surface area (Å²) in [4.78, 5) is 13.0. The van der Waals surface area contributed by atoms with Gasteiger partial charge in [-0.05, 0) is 44.0 Å². The van der Waals surface area contributed by atoms with Gasteiger partial charge in [-0.2, -0.15) is 0 Å². The maximum atomic E-state index is 13.0. The van der Waals surface area contributed by atoms with Gasteiger partial charge in [0, 0.05) is 12.1 Å². The first-order chi connectivity index (χ1) is 12.6. The number of nitrogens with zero attached hydrogens (tertiary/aromatic N) is 3. The number of hydrogen-bond acceptors (Lipinski definition) is 3. The van der Waals surface area contributed by atoms with Crippen LogP contribution in [0.25, 0.3) is 22.2 Å². The van der Waals surface area contributed by atoms with E-state index >= 15 is 0 Å². The summed E-state index contributed by atoms with van der Waals surface area (Å²) in [5.41, 5.74) is 5.87. The molecule has 26 heavy (non-hydrogen) atoms. The van der Waals surface area contributed by atoms with Crippen LogP contribution in [-0.2, 0) is 13.1 Å². The van der Waals surface area contributed by atoms with E-state index in [9.17, 15) is 4.79 Å². The Morgan fingerprint density at radius 1 is 1.00 bits per heavy atom. The first-order valence-electron chi connectivity index (χ1n) is 8.80. The zero-order valence-electron chi connectivity index (χ0n) is 15.2. The van der Waals surface area contributed by atoms with Crippen LogP contribution in [0.15, 0.2) is 57.8 Å². The molecule has 0 saturated heterocycles. The van der Waals surface area contributed by atoms with Crippen molar-refractivity contribution in [3.8, 4) is 11.1 Å². The van der Waals surface area contributed by atoms with Crippen LogP contribution >= 0.6 is 0 Å². The van der Waals surface area contributed by atoms with Gasteiger partial charge in [0.05, 0.1) is 23.3 Å². The van der Waals surface area contributed by atoms with Crippen molar-refractivity contribution in [1.82, 2.24) is 14.3 Å². The zero-order chi connectivity index (χ0) is 18.3. The molecule has 0 unspecified atom stereocenters. The van der Waals surface area contributed by atoms with Crippen molar-refractivity contribution < 1.29 is 4.52 Å². The van der Waals surface area contributed by atoms with E-state index in [1.807, 2.05) is 72.4 Å². The second-order valence-corrected chi connectivity index (χ2v) is 6.50. The normalized spacial score (nSPS) is 11.3. The quantitative estimate of drug-likeness (QED) is 0.557. The van der Waals surface area contributed by atoms with E-state index in [-0.39, 0.29) is 5.69 Å². The zero-order valence-corrected chi connectivity index (χ0v) is 15.2. The first kappa shape index (κ1) is 16.4. The molecule has 0 fully saturated rings. The molecule has 2 heterocycles. The van der Waals surface area contributed by atoms with Gasteiger partial charge in [0.25, 0.3) is 0 Å². The van der Waals surface area contributed by atoms with Crippen molar-refractivity contribution in [2.75, 3.05) is 0 Å². The van der Waals surface area contributed by atoms with Crippen molar-refractivity contribution in [3.05, 3.63) is 76.0 Å². The van der Waals surface area contributed by atoms with Crippen LogP contribution < -0.4 is 5.69 Å². The van der Waals surface area contributed by atoms with E-state index < -0.39 is 0 Å². The Morgan fingerprint density at radius 3 is 2.42 bits per heavy atom. The highest BCUT2D eigenvalue weighted by molar-refractivity contribution is 5.83. The van der Waals surface area contributed by atoms with Gasteiger partial charge in [-0.25, -0.2) is 4.79 Å². The molecule has 5 heteroatoms. The van der Waals surface area contributed by atoms with Crippen molar-refractivity contribution in [3.63, 3.8) is 0 Å². The SMILES string of the molecule is CCn1c(=O)n(Cc2ccccc2)c2cc(-c3c(C)noc3C)ccc21. The molecule has 0 amide bonds. The Hall–Kier alpha value is -3.08. The molecular formula is C21H21N3O2. The summed E-state index contributed by atoms with van der Waals surface area (Å²) in [7, 11) is 0. The van der Waals surface area contributed by atoms with E-state index in [1.165, 1.54) is 0 Å². The van der Waals surface area contributed by atoms with Crippen molar-refractivity contribution in [2.45, 2.75) is 33.9 Å². The van der Waals surface area contributed by atoms with E-state index in [4.69, 9.17) is 4.52 Å². The third kappa shape index (κ3) is 2.56. The van der Waals surface area contributed by atoms with Crippen molar-refractivity contribution in [2.24, 2.45) is 0 Å². The number of rotatable bonds is 4. The highest BCUT2D eigenvalue weighted by Gasteiger charge is 2.16. The van der Waals surface area contributed by atoms with Gasteiger partial charge in [-0.1, -0.05) is 41.6 Å². The average Bonchev–Trinajstić information content (AvgIpc) is 3.12. The lowest BCUT2D eigenvalue weighted by atomic mass is 10.0. The summed E-state index contributed by atoms with van der Waals surface area (Å²) in [5, 5.41) is 4.05. The number of fused-ring (bicyclic) bond motifs is 1. The molecule has 0 aliphatic carbocycles. The molecule has 132 valence electrons. The minimum Gasteiger partial charge on any atom is -0.361 e. The molecule has 0 spiro atoms. The van der Waals surface area contributed by atoms with Crippen LogP contribution in [0.1, 0.15) is 23.9 Å². The van der Waals surface area contributed by atoms with Gasteiger partial charge in [-0.3, -0.25) is 9.13 Å². The molecule has 4 aromatic rings. The topological polar surface area (TPSA) is 53.0 Å². The molecular weight excluding hydrogens is 326 g/mol. The maximum Gasteiger partial charge on any atom is 0.329 e. The van der Waals surface area contributed by atoms with Gasteiger partial charge >= 0.3 is 5.69 Å². The van der Waals surface area contributed by atoms with Crippen LogP contribution in [0.3, 0.4) is 0 Å². The second kappa shape index (κ2) is 6.33. The molecule has 2 aromatic carbocycles. The number of hydrogen-bond donors (Lipinski definition) is 0. The lowest BCUT2D eigenvalue weighted by Crippen LogP contribution is -2.24. The van der Waals surface area contributed by atoms with Crippen molar-refractivity contribution in [1.29, 1.82) is 0 Å². The smallest absolute Gasteiger partial charge is 0.329 e. The first-order valence-corrected chi connectivity index (χ1v) is 8.80. The minimum atomic E-state index is 0.0160. The van der Waals surface area contributed by atoms with Gasteiger partial charge in [0.15, 0.2) is 0 Å². The summed E-state index contributed by atoms with van der Waals surface area (Å²) in [6.07, 6.45) is 0. The lowest BCUT2D eigenvalue weighted by Gasteiger charge is -2.06. The van der Waals surface area contributed by atoms with Gasteiger partial charge in [0.1, 0.15) is 5.76 Å². The molecule has 0 atom stereocenters. The molecule has 5 nitrogen and oxygen atoms in total. The number of aromatic nitrogens is 3. The van der Waals surface area contributed by atoms with Crippen LogP contribution in [0.4, 0.5) is 0 Å². The highest BCUT2D eigenvalue weighted by Crippen LogP contribution is 2.29. The molecule has 0 saturated carbocycles. The Morgan fingerprint density at radius 2 is 1.77 bits per heavy atom. The molecule has 0 aliphatic rings. The van der Waals surface area contributed by atoms with Crippen LogP contribution in [0, 0.1) is 13.8 Å². The number of benzene rings is 2. The Balaban J connectivity index is 1.94. The van der Waals surface area contributed by atoms with Crippen molar-refractivity contribution >= 4 is 11.0 Å². The molecule has 0 N–H and O–H groups in total. The number of imidazole rings is 1. The van der Waals surface area contributed by atoms with Crippen LogP contribution in [0.5, 0.6) is 0 Å². The standard InChI is InChI=1S/C21H21N3O2/c1-4-23-18-11-10-17(20-14(2)22-26-15(20)3)12-19(18)24(21(23)25)13-16-8-6-5-7-9-16/h5-12H,4,13H2,1-3H3. The third-order valence-corrected chi connectivity index (χ3v) is 4.84. The fourth-order valence-corrected chi connectivity index (χ4v) is 3.59. The van der Waals surface area contributed by atoms with Crippen LogP contribution in [0.2, 0.25) is 0 Å². The monoisotopic (exact) mass is 347 g/mol. The van der Waals surface area contributed by atoms with Gasteiger partial charge < -0.3 is 4.52 Å². The largest absolute Gasteiger partial charge is 0.361 e. The number of aryl methyl sites for hydroxylation is 3. The maximum absolute atomic E-state index is 13.0. The van der Waals surface area contributed by atoms with E-state index in [0.717, 1.165) is 39.2 Å². The Kier molecular flexibility index (Phi) is 3.99. The molecule has 0 radical (unpaired) electrons. The molecule has 0 aliphatic heterocycles. The summed E-state index contributed by atoms with van der Waals surface area (Å²) in [6, 6.07) is 16.2. The fraction of sp³-hybridized carbons (Fsp3) is 0.238. The summed E-state index contributed by atoms with van der Waals surface area (Å²) in [5.74, 6) is 0.786. The van der Waals surface area contributed by atoms with E-state index in [1.54, 1.807) is 0 Å². The predicted molar refractivity (Wildman–Crippen MR) is 102 cm³/mol. The fourth-order valence-electron chi connectivity index (χ4n) is 3.59. The summed E-state index contributed by atoms with van der Waals surface area (Å²) < 4.78 is 8.97. The Labute approximate surface area is 151 Å². The minimum absolute atomic E-state index is 0.0160. The lowest BCUT2D eigenvalue weighted by molar-refractivity contribution is 0.393. The highest BCUT2D eigenvalue weighted by atomic mass is 16.5. The van der Waals surface area contributed by atoms with Crippen LogP contribution in [-0.4, -0.2) is 14.3 Å². The average molecular weight is 347 g/mol. The summed E-state index contributed by atoms with van der Waals surface area (Å²) >= 11 is 0. The predicted octanol–water partition coefficient (Wildman–Crippen LogP) is 4.14. The second-order valence-electron chi connectivity index (χ2n) is 6.50. The molecule has 4 rings (SSSR count). The van der Waals surface area contributed by atoms with E-state index in [0.29, 0.717) is 13.1 Å². The van der Waals surface area contributed by atoms with Gasteiger partial charge in [-0.15, -0.1) is 0 Å². The third-order valence-electron chi connectivity index (χ3n) is 4.84. The Bertz CT molecular complexity index is 1110. The van der Waals surface area contributed by atoms with Gasteiger partial charge in [0.2, 0.25) is 0 Å². The van der Waals surface area contributed by atoms with E-state index in [2.05, 4.69) is 11.2 Å². The molecule has 0 bridgehead atoms.